The van der Waals surface area contributed by atoms with Crippen LogP contribution in [0.2, 0.25) is 10.0 Å². The third kappa shape index (κ3) is 4.99. The zero-order chi connectivity index (χ0) is 18.4. The van der Waals surface area contributed by atoms with Gasteiger partial charge in [-0.25, -0.2) is 5.43 Å². The van der Waals surface area contributed by atoms with Crippen molar-refractivity contribution < 1.29 is 9.53 Å². The predicted molar refractivity (Wildman–Crippen MR) is 105 cm³/mol. The van der Waals surface area contributed by atoms with Gasteiger partial charge in [0.2, 0.25) is 5.91 Å². The van der Waals surface area contributed by atoms with E-state index in [4.69, 9.17) is 27.9 Å². The van der Waals surface area contributed by atoms with Gasteiger partial charge in [0.05, 0.1) is 17.3 Å². The van der Waals surface area contributed by atoms with Crippen LogP contribution in [0.3, 0.4) is 0 Å². The number of carbonyl (C=O) groups excluding carboxylic acids is 1. The smallest absolute Gasteiger partial charge is 0.240 e. The van der Waals surface area contributed by atoms with Crippen molar-refractivity contribution in [2.24, 2.45) is 5.10 Å². The van der Waals surface area contributed by atoms with E-state index in [-0.39, 0.29) is 5.91 Å². The van der Waals surface area contributed by atoms with Crippen LogP contribution in [-0.4, -0.2) is 18.2 Å². The maximum Gasteiger partial charge on any atom is 0.240 e. The molecular weight excluding hydrogens is 371 g/mol. The molecule has 1 aliphatic rings. The van der Waals surface area contributed by atoms with Gasteiger partial charge in [-0.15, -0.1) is 0 Å². The lowest BCUT2D eigenvalue weighted by molar-refractivity contribution is -0.121. The molecule has 6 heteroatoms. The van der Waals surface area contributed by atoms with E-state index in [9.17, 15) is 4.79 Å². The Morgan fingerprint density at radius 1 is 1.15 bits per heavy atom. The second-order valence-corrected chi connectivity index (χ2v) is 6.97. The molecule has 0 radical (unpaired) electrons. The molecule has 0 unspecified atom stereocenters. The first-order valence-electron chi connectivity index (χ1n) is 8.65. The number of hydrogen-bond acceptors (Lipinski definition) is 3. The van der Waals surface area contributed by atoms with Gasteiger partial charge < -0.3 is 4.74 Å². The third-order valence-corrected chi connectivity index (χ3v) is 4.73. The maximum atomic E-state index is 12.0. The van der Waals surface area contributed by atoms with E-state index in [2.05, 4.69) is 22.7 Å². The van der Waals surface area contributed by atoms with Crippen LogP contribution in [0, 0.1) is 0 Å². The van der Waals surface area contributed by atoms with Crippen molar-refractivity contribution in [1.82, 2.24) is 5.43 Å². The lowest BCUT2D eigenvalue weighted by Crippen LogP contribution is -2.22. The average Bonchev–Trinajstić information content (AvgIpc) is 2.65. The van der Waals surface area contributed by atoms with Gasteiger partial charge in [0.15, 0.2) is 0 Å². The van der Waals surface area contributed by atoms with Gasteiger partial charge in [0.25, 0.3) is 0 Å². The van der Waals surface area contributed by atoms with Crippen LogP contribution in [0.25, 0.3) is 0 Å². The molecule has 0 saturated heterocycles. The van der Waals surface area contributed by atoms with Crippen LogP contribution in [0.1, 0.15) is 36.8 Å². The second-order valence-electron chi connectivity index (χ2n) is 6.13. The summed E-state index contributed by atoms with van der Waals surface area (Å²) in [6, 6.07) is 13.3. The zero-order valence-corrected chi connectivity index (χ0v) is 15.8. The number of nitrogens with zero attached hydrogens (tertiary/aromatic N) is 1. The van der Waals surface area contributed by atoms with Gasteiger partial charge in [-0.1, -0.05) is 47.5 Å². The Bertz CT molecular complexity index is 821. The highest BCUT2D eigenvalue weighted by Gasteiger charge is 2.15. The van der Waals surface area contributed by atoms with E-state index in [1.165, 1.54) is 5.56 Å². The van der Waals surface area contributed by atoms with E-state index in [1.54, 1.807) is 18.2 Å². The normalized spacial score (nSPS) is 14.8. The summed E-state index contributed by atoms with van der Waals surface area (Å²) >= 11 is 11.9. The summed E-state index contributed by atoms with van der Waals surface area (Å²) in [7, 11) is 0. The van der Waals surface area contributed by atoms with Gasteiger partial charge in [-0.3, -0.25) is 4.79 Å². The highest BCUT2D eigenvalue weighted by atomic mass is 35.5. The second kappa shape index (κ2) is 9.06. The molecule has 0 heterocycles. The third-order valence-electron chi connectivity index (χ3n) is 4.20. The molecule has 4 nitrogen and oxygen atoms in total. The summed E-state index contributed by atoms with van der Waals surface area (Å²) in [5, 5.41) is 5.35. The molecule has 0 atom stereocenters. The molecule has 0 bridgehead atoms. The van der Waals surface area contributed by atoms with Crippen molar-refractivity contribution >= 4 is 34.8 Å². The molecule has 1 aliphatic carbocycles. The van der Waals surface area contributed by atoms with Crippen LogP contribution in [0.15, 0.2) is 47.6 Å². The maximum absolute atomic E-state index is 12.0. The Hall–Kier alpha value is -2.04. The van der Waals surface area contributed by atoms with E-state index >= 15 is 0 Å². The summed E-state index contributed by atoms with van der Waals surface area (Å²) in [6.07, 6.45) is 3.92. The average molecular weight is 391 g/mol. The number of aryl methyl sites for hydroxylation is 1. The van der Waals surface area contributed by atoms with E-state index in [0.29, 0.717) is 35.2 Å². The molecule has 0 aromatic heterocycles. The van der Waals surface area contributed by atoms with Crippen molar-refractivity contribution in [3.8, 4) is 5.75 Å². The minimum absolute atomic E-state index is 0.119. The topological polar surface area (TPSA) is 50.7 Å². The molecule has 2 aromatic rings. The fourth-order valence-electron chi connectivity index (χ4n) is 2.91. The Morgan fingerprint density at radius 2 is 2.00 bits per heavy atom. The number of hydrogen-bond donors (Lipinski definition) is 1. The molecular formula is C20H20Cl2N2O2. The van der Waals surface area contributed by atoms with Crippen LogP contribution in [0.4, 0.5) is 0 Å². The fraction of sp³-hybridized carbons (Fsp3) is 0.300. The van der Waals surface area contributed by atoms with Crippen molar-refractivity contribution in [3.63, 3.8) is 0 Å². The van der Waals surface area contributed by atoms with Crippen LogP contribution in [-0.2, 0) is 11.2 Å². The van der Waals surface area contributed by atoms with E-state index in [1.807, 2.05) is 12.1 Å². The largest absolute Gasteiger partial charge is 0.492 e. The molecule has 1 amide bonds. The molecule has 0 spiro atoms. The summed E-state index contributed by atoms with van der Waals surface area (Å²) in [4.78, 5) is 12.0. The summed E-state index contributed by atoms with van der Waals surface area (Å²) in [5.41, 5.74) is 6.04. The number of fused-ring (bicyclic) bond motifs is 1. The zero-order valence-electron chi connectivity index (χ0n) is 14.3. The summed E-state index contributed by atoms with van der Waals surface area (Å²) in [5.74, 6) is 0.446. The predicted octanol–water partition coefficient (Wildman–Crippen LogP) is 5.01. The van der Waals surface area contributed by atoms with Crippen molar-refractivity contribution in [2.45, 2.75) is 32.1 Å². The Kier molecular flexibility index (Phi) is 6.53. The Balaban J connectivity index is 1.45. The standard InChI is InChI=1S/C20H20Cl2N2O2/c21-15-10-11-19(17(22)13-15)26-12-4-9-20(25)24-23-18-8-3-6-14-5-1-2-7-16(14)18/h1-2,5,7,10-11,13H,3-4,6,8-9,12H2,(H,24,25). The number of halogens is 2. The summed E-state index contributed by atoms with van der Waals surface area (Å²) < 4.78 is 5.58. The number of benzene rings is 2. The van der Waals surface area contributed by atoms with Gasteiger partial charge in [0, 0.05) is 17.0 Å². The number of carbonyl (C=O) groups is 1. The molecule has 0 saturated carbocycles. The molecule has 3 rings (SSSR count). The highest BCUT2D eigenvalue weighted by Crippen LogP contribution is 2.27. The lowest BCUT2D eigenvalue weighted by atomic mass is 9.90. The minimum Gasteiger partial charge on any atom is -0.492 e. The van der Waals surface area contributed by atoms with E-state index < -0.39 is 0 Å². The molecule has 26 heavy (non-hydrogen) atoms. The molecule has 2 aromatic carbocycles. The van der Waals surface area contributed by atoms with Gasteiger partial charge in [0.1, 0.15) is 5.75 Å². The number of hydrazone groups is 1. The molecule has 0 fully saturated rings. The van der Waals surface area contributed by atoms with Crippen LogP contribution >= 0.6 is 23.2 Å². The number of rotatable bonds is 6. The Morgan fingerprint density at radius 3 is 2.85 bits per heavy atom. The monoisotopic (exact) mass is 390 g/mol. The minimum atomic E-state index is -0.119. The van der Waals surface area contributed by atoms with Crippen LogP contribution < -0.4 is 10.2 Å². The first-order chi connectivity index (χ1) is 12.6. The lowest BCUT2D eigenvalue weighted by Gasteiger charge is -2.17. The SMILES string of the molecule is O=C(CCCOc1ccc(Cl)cc1Cl)NN=C1CCCc2ccccc21. The quantitative estimate of drug-likeness (QED) is 0.556. The molecule has 136 valence electrons. The van der Waals surface area contributed by atoms with Crippen LogP contribution in [0.5, 0.6) is 5.75 Å². The van der Waals surface area contributed by atoms with Gasteiger partial charge in [-0.2, -0.15) is 5.10 Å². The Labute approximate surface area is 163 Å². The summed E-state index contributed by atoms with van der Waals surface area (Å²) in [6.45, 7) is 0.397. The van der Waals surface area contributed by atoms with Gasteiger partial charge >= 0.3 is 0 Å². The van der Waals surface area contributed by atoms with Crippen molar-refractivity contribution in [1.29, 1.82) is 0 Å². The fourth-order valence-corrected chi connectivity index (χ4v) is 3.37. The highest BCUT2D eigenvalue weighted by molar-refractivity contribution is 6.35. The number of ether oxygens (including phenoxy) is 1. The van der Waals surface area contributed by atoms with Crippen molar-refractivity contribution in [3.05, 3.63) is 63.6 Å². The van der Waals surface area contributed by atoms with Gasteiger partial charge in [-0.05, 0) is 49.4 Å². The molecule has 0 aliphatic heterocycles. The first kappa shape index (κ1) is 18.7. The number of nitrogens with one attached hydrogen (secondary N) is 1. The van der Waals surface area contributed by atoms with Crippen molar-refractivity contribution in [2.75, 3.05) is 6.61 Å². The molecule has 1 N–H and O–H groups in total. The first-order valence-corrected chi connectivity index (χ1v) is 9.40. The number of amides is 1. The van der Waals surface area contributed by atoms with E-state index in [0.717, 1.165) is 30.5 Å².